The van der Waals surface area contributed by atoms with Crippen LogP contribution >= 0.6 is 0 Å². The van der Waals surface area contributed by atoms with Crippen molar-refractivity contribution in [1.29, 1.82) is 0 Å². The Kier molecular flexibility index (Phi) is 5.61. The quantitative estimate of drug-likeness (QED) is 0.609. The minimum Gasteiger partial charge on any atom is -0.389 e. The van der Waals surface area contributed by atoms with Crippen molar-refractivity contribution in [1.82, 2.24) is 16.0 Å². The Labute approximate surface area is 136 Å². The van der Waals surface area contributed by atoms with Gasteiger partial charge in [-0.2, -0.15) is 0 Å². The second-order valence-corrected chi connectivity index (χ2v) is 6.24. The molecule has 2 saturated heterocycles. The van der Waals surface area contributed by atoms with Gasteiger partial charge >= 0.3 is 0 Å². The Bertz CT molecular complexity index is 505. The summed E-state index contributed by atoms with van der Waals surface area (Å²) in [7, 11) is 0. The van der Waals surface area contributed by atoms with Gasteiger partial charge in [-0.05, 0) is 38.1 Å². The molecule has 0 aliphatic carbocycles. The number of carbonyl (C=O) groups excluding carboxylic acids is 1. The number of benzene rings is 1. The average Bonchev–Trinajstić information content (AvgIpc) is 2.94. The number of aliphatic hydroxyl groups is 1. The van der Waals surface area contributed by atoms with Gasteiger partial charge in [-0.25, -0.2) is 0 Å². The highest BCUT2D eigenvalue weighted by Gasteiger charge is 2.37. The Morgan fingerprint density at radius 2 is 2.00 bits per heavy atom. The van der Waals surface area contributed by atoms with Crippen LogP contribution in [0.1, 0.15) is 23.2 Å². The van der Waals surface area contributed by atoms with E-state index >= 15 is 0 Å². The van der Waals surface area contributed by atoms with E-state index in [1.165, 1.54) is 0 Å². The van der Waals surface area contributed by atoms with Crippen molar-refractivity contribution in [2.45, 2.75) is 37.1 Å². The van der Waals surface area contributed by atoms with E-state index in [1.807, 2.05) is 18.2 Å². The lowest BCUT2D eigenvalue weighted by Crippen LogP contribution is -2.50. The van der Waals surface area contributed by atoms with Gasteiger partial charge in [0.25, 0.3) is 5.91 Å². The summed E-state index contributed by atoms with van der Waals surface area (Å²) in [5, 5.41) is 20.1. The lowest BCUT2D eigenvalue weighted by atomic mass is 10.0. The molecule has 2 aliphatic heterocycles. The first-order valence-corrected chi connectivity index (χ1v) is 8.34. The number of hydrogen-bond acceptors (Lipinski definition) is 5. The largest absolute Gasteiger partial charge is 0.389 e. The van der Waals surface area contributed by atoms with Gasteiger partial charge in [0.05, 0.1) is 18.8 Å². The molecule has 0 aromatic heterocycles. The van der Waals surface area contributed by atoms with Gasteiger partial charge in [0.1, 0.15) is 6.10 Å². The van der Waals surface area contributed by atoms with Crippen LogP contribution < -0.4 is 16.0 Å². The maximum absolute atomic E-state index is 12.0. The van der Waals surface area contributed by atoms with Crippen molar-refractivity contribution in [2.24, 2.45) is 0 Å². The van der Waals surface area contributed by atoms with E-state index in [9.17, 15) is 9.90 Å². The summed E-state index contributed by atoms with van der Waals surface area (Å²) in [6.45, 7) is 2.83. The third-order valence-corrected chi connectivity index (χ3v) is 4.57. The van der Waals surface area contributed by atoms with E-state index in [-0.39, 0.29) is 18.1 Å². The van der Waals surface area contributed by atoms with Crippen LogP contribution in [0.5, 0.6) is 0 Å². The number of piperidine rings is 1. The van der Waals surface area contributed by atoms with Gasteiger partial charge in [-0.15, -0.1) is 0 Å². The molecular formula is C17H25N3O3. The molecule has 1 aromatic rings. The zero-order valence-corrected chi connectivity index (χ0v) is 13.2. The molecule has 0 saturated carbocycles. The first kappa shape index (κ1) is 16.4. The Morgan fingerprint density at radius 3 is 2.74 bits per heavy atom. The van der Waals surface area contributed by atoms with Gasteiger partial charge in [0, 0.05) is 18.2 Å². The van der Waals surface area contributed by atoms with Crippen molar-refractivity contribution in [3.8, 4) is 0 Å². The molecule has 3 atom stereocenters. The van der Waals surface area contributed by atoms with Crippen molar-refractivity contribution in [3.63, 3.8) is 0 Å². The van der Waals surface area contributed by atoms with E-state index in [2.05, 4.69) is 16.0 Å². The highest BCUT2D eigenvalue weighted by Crippen LogP contribution is 2.16. The number of amides is 1. The molecule has 1 aromatic carbocycles. The second kappa shape index (κ2) is 7.88. The van der Waals surface area contributed by atoms with Crippen LogP contribution in [0.15, 0.2) is 30.3 Å². The molecule has 2 fully saturated rings. The zero-order chi connectivity index (χ0) is 16.1. The summed E-state index contributed by atoms with van der Waals surface area (Å²) in [5.74, 6) is -0.142. The van der Waals surface area contributed by atoms with E-state index in [1.54, 1.807) is 12.1 Å². The van der Waals surface area contributed by atoms with Gasteiger partial charge in [0.2, 0.25) is 0 Å². The summed E-state index contributed by atoms with van der Waals surface area (Å²) in [6.07, 6.45) is 1.18. The summed E-state index contributed by atoms with van der Waals surface area (Å²) in [6, 6.07) is 9.43. The fraction of sp³-hybridized carbons (Fsp3) is 0.588. The highest BCUT2D eigenvalue weighted by atomic mass is 16.5. The third kappa shape index (κ3) is 4.29. The number of aliphatic hydroxyl groups excluding tert-OH is 1. The molecule has 126 valence electrons. The molecule has 2 aliphatic rings. The van der Waals surface area contributed by atoms with Crippen LogP contribution in [-0.2, 0) is 4.74 Å². The molecule has 6 nitrogen and oxygen atoms in total. The molecule has 6 heteroatoms. The van der Waals surface area contributed by atoms with Crippen molar-refractivity contribution in [2.75, 3.05) is 26.2 Å². The molecule has 2 heterocycles. The Morgan fingerprint density at radius 1 is 1.26 bits per heavy atom. The maximum atomic E-state index is 12.0. The molecule has 1 amide bonds. The van der Waals surface area contributed by atoms with Crippen molar-refractivity contribution < 1.29 is 14.6 Å². The number of ether oxygens (including phenoxy) is 1. The first-order chi connectivity index (χ1) is 11.2. The van der Waals surface area contributed by atoms with Gasteiger partial charge in [0.15, 0.2) is 0 Å². The molecule has 23 heavy (non-hydrogen) atoms. The maximum Gasteiger partial charge on any atom is 0.251 e. The molecule has 3 rings (SSSR count). The fourth-order valence-corrected chi connectivity index (χ4v) is 3.19. The molecule has 0 spiro atoms. The van der Waals surface area contributed by atoms with E-state index in [4.69, 9.17) is 4.74 Å². The van der Waals surface area contributed by atoms with Crippen LogP contribution in [0.25, 0.3) is 0 Å². The van der Waals surface area contributed by atoms with Gasteiger partial charge < -0.3 is 25.8 Å². The number of hydrogen-bond donors (Lipinski definition) is 4. The summed E-state index contributed by atoms with van der Waals surface area (Å²) < 4.78 is 5.66. The van der Waals surface area contributed by atoms with E-state index < -0.39 is 6.10 Å². The van der Waals surface area contributed by atoms with Crippen LogP contribution in [0.2, 0.25) is 0 Å². The van der Waals surface area contributed by atoms with Crippen molar-refractivity contribution in [3.05, 3.63) is 35.9 Å². The van der Waals surface area contributed by atoms with Crippen LogP contribution in [0, 0.1) is 0 Å². The standard InChI is InChI=1S/C17H25N3O3/c21-16-14(20-13-6-8-18-9-7-13)11-23-15(16)10-19-17(22)12-4-2-1-3-5-12/h1-5,13-16,18,20-21H,6-11H2,(H,19,22). The zero-order valence-electron chi connectivity index (χ0n) is 13.2. The second-order valence-electron chi connectivity index (χ2n) is 6.24. The lowest BCUT2D eigenvalue weighted by Gasteiger charge is -2.28. The lowest BCUT2D eigenvalue weighted by molar-refractivity contribution is 0.0394. The molecule has 3 unspecified atom stereocenters. The Hall–Kier alpha value is -1.47. The van der Waals surface area contributed by atoms with Gasteiger partial charge in [-0.1, -0.05) is 18.2 Å². The fourth-order valence-electron chi connectivity index (χ4n) is 3.19. The first-order valence-electron chi connectivity index (χ1n) is 8.34. The normalized spacial score (nSPS) is 28.7. The smallest absolute Gasteiger partial charge is 0.251 e. The molecule has 4 N–H and O–H groups in total. The molecular weight excluding hydrogens is 294 g/mol. The van der Waals surface area contributed by atoms with Crippen LogP contribution in [-0.4, -0.2) is 61.5 Å². The highest BCUT2D eigenvalue weighted by molar-refractivity contribution is 5.94. The van der Waals surface area contributed by atoms with Crippen molar-refractivity contribution >= 4 is 5.91 Å². The topological polar surface area (TPSA) is 82.6 Å². The number of nitrogens with one attached hydrogen (secondary N) is 3. The van der Waals surface area contributed by atoms with Crippen LogP contribution in [0.4, 0.5) is 0 Å². The van der Waals surface area contributed by atoms with E-state index in [0.29, 0.717) is 24.8 Å². The molecule has 0 radical (unpaired) electrons. The number of carbonyl (C=O) groups is 1. The summed E-state index contributed by atoms with van der Waals surface area (Å²) in [4.78, 5) is 12.0. The predicted molar refractivity (Wildman–Crippen MR) is 87.3 cm³/mol. The van der Waals surface area contributed by atoms with Gasteiger partial charge in [-0.3, -0.25) is 4.79 Å². The van der Waals surface area contributed by atoms with Crippen LogP contribution in [0.3, 0.4) is 0 Å². The molecule has 0 bridgehead atoms. The third-order valence-electron chi connectivity index (χ3n) is 4.57. The average molecular weight is 319 g/mol. The monoisotopic (exact) mass is 319 g/mol. The number of rotatable bonds is 5. The SMILES string of the molecule is O=C(NCC1OCC(NC2CCNCC2)C1O)c1ccccc1. The minimum absolute atomic E-state index is 0.0586. The minimum atomic E-state index is -0.596. The summed E-state index contributed by atoms with van der Waals surface area (Å²) in [5.41, 5.74) is 0.615. The predicted octanol–water partition coefficient (Wildman–Crippen LogP) is -0.114. The Balaban J connectivity index is 1.45. The summed E-state index contributed by atoms with van der Waals surface area (Å²) >= 11 is 0. The van der Waals surface area contributed by atoms with E-state index in [0.717, 1.165) is 25.9 Å².